The van der Waals surface area contributed by atoms with Crippen molar-refractivity contribution in [2.45, 2.75) is 12.8 Å². The Morgan fingerprint density at radius 1 is 1.58 bits per heavy atom. The average Bonchev–Trinajstić information content (AvgIpc) is 2.86. The molecule has 1 aromatic rings. The lowest BCUT2D eigenvalue weighted by molar-refractivity contribution is 0.300. The van der Waals surface area contributed by atoms with Gasteiger partial charge in [0.1, 0.15) is 0 Å². The number of nitrogen functional groups attached to an aromatic ring is 1. The van der Waals surface area contributed by atoms with Crippen molar-refractivity contribution >= 4 is 5.82 Å². The molecule has 0 amide bonds. The predicted molar refractivity (Wildman–Crippen MR) is 44.7 cm³/mol. The van der Waals surface area contributed by atoms with Gasteiger partial charge in [-0.3, -0.25) is 0 Å². The highest BCUT2D eigenvalue weighted by molar-refractivity contribution is 5.43. The van der Waals surface area contributed by atoms with Crippen LogP contribution in [0.15, 0.2) is 12.3 Å². The minimum absolute atomic E-state index is 0.373. The maximum absolute atomic E-state index is 5.53. The van der Waals surface area contributed by atoms with Gasteiger partial charge in [0.05, 0.1) is 12.8 Å². The van der Waals surface area contributed by atoms with Gasteiger partial charge in [-0.1, -0.05) is 0 Å². The molecule has 2 N–H and O–H groups in total. The van der Waals surface area contributed by atoms with Crippen LogP contribution in [0.25, 0.3) is 0 Å². The van der Waals surface area contributed by atoms with Gasteiger partial charge in [0.15, 0.2) is 11.6 Å². The Morgan fingerprint density at radius 2 is 2.42 bits per heavy atom. The molecule has 1 aliphatic rings. The maximum Gasteiger partial charge on any atom is 0.188 e. The number of anilines is 1. The van der Waals surface area contributed by atoms with Gasteiger partial charge in [-0.15, -0.1) is 5.10 Å². The van der Waals surface area contributed by atoms with E-state index in [9.17, 15) is 0 Å². The predicted octanol–water partition coefficient (Wildman–Crippen LogP) is 0.848. The van der Waals surface area contributed by atoms with E-state index < -0.39 is 0 Å². The van der Waals surface area contributed by atoms with Crippen molar-refractivity contribution in [3.05, 3.63) is 12.3 Å². The van der Waals surface area contributed by atoms with Crippen molar-refractivity contribution in [3.63, 3.8) is 0 Å². The molecule has 1 saturated carbocycles. The summed E-state index contributed by atoms with van der Waals surface area (Å²) in [4.78, 5) is 0. The highest BCUT2D eigenvalue weighted by Gasteiger charge is 2.22. The zero-order valence-corrected chi connectivity index (χ0v) is 6.73. The molecular formula is C8H11N3O. The minimum atomic E-state index is 0.373. The fourth-order valence-electron chi connectivity index (χ4n) is 0.945. The molecule has 4 nitrogen and oxygen atoms in total. The van der Waals surface area contributed by atoms with Gasteiger partial charge < -0.3 is 10.5 Å². The molecule has 2 rings (SSSR count). The van der Waals surface area contributed by atoms with Crippen LogP contribution in [0.1, 0.15) is 12.8 Å². The first kappa shape index (κ1) is 7.34. The zero-order valence-electron chi connectivity index (χ0n) is 6.73. The molecule has 0 radical (unpaired) electrons. The summed E-state index contributed by atoms with van der Waals surface area (Å²) < 4.78 is 5.43. The quantitative estimate of drug-likeness (QED) is 0.721. The van der Waals surface area contributed by atoms with Crippen molar-refractivity contribution in [3.8, 4) is 5.75 Å². The van der Waals surface area contributed by atoms with E-state index in [0.29, 0.717) is 11.6 Å². The molecule has 1 aliphatic carbocycles. The van der Waals surface area contributed by atoms with Gasteiger partial charge in [0.25, 0.3) is 0 Å². The molecule has 0 atom stereocenters. The van der Waals surface area contributed by atoms with Crippen molar-refractivity contribution in [2.24, 2.45) is 5.92 Å². The maximum atomic E-state index is 5.53. The third-order valence-corrected chi connectivity index (χ3v) is 1.88. The molecule has 0 saturated heterocycles. The van der Waals surface area contributed by atoms with E-state index in [1.165, 1.54) is 12.8 Å². The summed E-state index contributed by atoms with van der Waals surface area (Å²) in [5.74, 6) is 1.76. The first-order valence-corrected chi connectivity index (χ1v) is 4.06. The summed E-state index contributed by atoms with van der Waals surface area (Å²) in [5.41, 5.74) is 5.53. The van der Waals surface area contributed by atoms with E-state index >= 15 is 0 Å². The van der Waals surface area contributed by atoms with Gasteiger partial charge in [-0.25, -0.2) is 0 Å². The number of nitrogens with two attached hydrogens (primary N) is 1. The van der Waals surface area contributed by atoms with Gasteiger partial charge in [0.2, 0.25) is 0 Å². The summed E-state index contributed by atoms with van der Waals surface area (Å²) in [6.07, 6.45) is 4.13. The van der Waals surface area contributed by atoms with Crippen LogP contribution in [0, 0.1) is 5.92 Å². The first-order valence-electron chi connectivity index (χ1n) is 4.06. The topological polar surface area (TPSA) is 61.0 Å². The Balaban J connectivity index is 1.96. The number of ether oxygens (including phenoxy) is 1. The lowest BCUT2D eigenvalue weighted by Gasteiger charge is -2.05. The molecule has 0 bridgehead atoms. The molecule has 1 aromatic heterocycles. The molecule has 1 heterocycles. The monoisotopic (exact) mass is 165 g/mol. The van der Waals surface area contributed by atoms with Crippen molar-refractivity contribution in [2.75, 3.05) is 12.3 Å². The smallest absolute Gasteiger partial charge is 0.188 e. The second-order valence-corrected chi connectivity index (χ2v) is 3.04. The van der Waals surface area contributed by atoms with Gasteiger partial charge in [-0.05, 0) is 18.8 Å². The summed E-state index contributed by atoms with van der Waals surface area (Å²) in [6.45, 7) is 0.760. The van der Waals surface area contributed by atoms with E-state index in [0.717, 1.165) is 12.5 Å². The number of hydrogen-bond acceptors (Lipinski definition) is 4. The van der Waals surface area contributed by atoms with E-state index in [4.69, 9.17) is 10.5 Å². The molecule has 0 aliphatic heterocycles. The number of nitrogens with zero attached hydrogens (tertiary/aromatic N) is 2. The Kier molecular flexibility index (Phi) is 1.81. The van der Waals surface area contributed by atoms with Crippen LogP contribution in [0.2, 0.25) is 0 Å². The molecule has 12 heavy (non-hydrogen) atoms. The zero-order chi connectivity index (χ0) is 8.39. The second-order valence-electron chi connectivity index (χ2n) is 3.04. The summed E-state index contributed by atoms with van der Waals surface area (Å²) in [6, 6.07) is 1.74. The third kappa shape index (κ3) is 1.64. The fourth-order valence-corrected chi connectivity index (χ4v) is 0.945. The van der Waals surface area contributed by atoms with E-state index in [1.807, 2.05) is 0 Å². The van der Waals surface area contributed by atoms with Crippen LogP contribution < -0.4 is 10.5 Å². The SMILES string of the molecule is Nc1nnccc1OCC1CC1. The first-order chi connectivity index (χ1) is 5.86. The Hall–Kier alpha value is -1.32. The normalized spacial score (nSPS) is 16.0. The number of rotatable bonds is 3. The number of hydrogen-bond donors (Lipinski definition) is 1. The summed E-state index contributed by atoms with van der Waals surface area (Å²) >= 11 is 0. The van der Waals surface area contributed by atoms with E-state index in [-0.39, 0.29) is 0 Å². The van der Waals surface area contributed by atoms with Crippen LogP contribution >= 0.6 is 0 Å². The lowest BCUT2D eigenvalue weighted by atomic mass is 10.4. The largest absolute Gasteiger partial charge is 0.489 e. The molecule has 0 aromatic carbocycles. The highest BCUT2D eigenvalue weighted by Crippen LogP contribution is 2.30. The van der Waals surface area contributed by atoms with Crippen molar-refractivity contribution < 1.29 is 4.74 Å². The highest BCUT2D eigenvalue weighted by atomic mass is 16.5. The molecule has 4 heteroatoms. The second kappa shape index (κ2) is 2.97. The fraction of sp³-hybridized carbons (Fsp3) is 0.500. The van der Waals surface area contributed by atoms with Crippen LogP contribution in [0.4, 0.5) is 5.82 Å². The van der Waals surface area contributed by atoms with Crippen molar-refractivity contribution in [1.82, 2.24) is 10.2 Å². The summed E-state index contributed by atoms with van der Waals surface area (Å²) in [5, 5.41) is 7.31. The lowest BCUT2D eigenvalue weighted by Crippen LogP contribution is -2.03. The van der Waals surface area contributed by atoms with Gasteiger partial charge in [0, 0.05) is 6.07 Å². The summed E-state index contributed by atoms with van der Waals surface area (Å²) in [7, 11) is 0. The van der Waals surface area contributed by atoms with Crippen LogP contribution in [0.5, 0.6) is 5.75 Å². The van der Waals surface area contributed by atoms with Crippen molar-refractivity contribution in [1.29, 1.82) is 0 Å². The molecule has 64 valence electrons. The van der Waals surface area contributed by atoms with E-state index in [2.05, 4.69) is 10.2 Å². The van der Waals surface area contributed by atoms with Crippen LogP contribution in [-0.4, -0.2) is 16.8 Å². The molecule has 0 spiro atoms. The van der Waals surface area contributed by atoms with Gasteiger partial charge >= 0.3 is 0 Å². The third-order valence-electron chi connectivity index (χ3n) is 1.88. The standard InChI is InChI=1S/C8H11N3O/c9-8-7(3-4-10-11-8)12-5-6-1-2-6/h3-4,6H,1-2,5H2,(H2,9,11). The van der Waals surface area contributed by atoms with Crippen LogP contribution in [0.3, 0.4) is 0 Å². The van der Waals surface area contributed by atoms with Gasteiger partial charge in [-0.2, -0.15) is 5.10 Å². The molecule has 0 unspecified atom stereocenters. The van der Waals surface area contributed by atoms with E-state index in [1.54, 1.807) is 12.3 Å². The Labute approximate surface area is 70.7 Å². The number of aromatic nitrogens is 2. The Morgan fingerprint density at radius 3 is 3.08 bits per heavy atom. The minimum Gasteiger partial charge on any atom is -0.489 e. The average molecular weight is 165 g/mol. The molecular weight excluding hydrogens is 154 g/mol. The van der Waals surface area contributed by atoms with Crippen LogP contribution in [-0.2, 0) is 0 Å². The molecule has 1 fully saturated rings. The Bertz CT molecular complexity index is 273.